The first-order valence-electron chi connectivity index (χ1n) is 6.96. The SMILES string of the molecule is COc1ccccc1OCC(=O)NC1CCNCC1C.Cl. The van der Waals surface area contributed by atoms with E-state index in [0.717, 1.165) is 19.5 Å². The van der Waals surface area contributed by atoms with Crippen molar-refractivity contribution in [3.8, 4) is 11.5 Å². The number of rotatable bonds is 5. The van der Waals surface area contributed by atoms with Crippen LogP contribution in [0.2, 0.25) is 0 Å². The second-order valence-corrected chi connectivity index (χ2v) is 5.08. The molecule has 2 unspecified atom stereocenters. The predicted octanol–water partition coefficient (Wildman–Crippen LogP) is 1.61. The number of carbonyl (C=O) groups is 1. The van der Waals surface area contributed by atoms with Gasteiger partial charge in [0.1, 0.15) is 0 Å². The Morgan fingerprint density at radius 3 is 2.76 bits per heavy atom. The smallest absolute Gasteiger partial charge is 0.258 e. The highest BCUT2D eigenvalue weighted by Crippen LogP contribution is 2.25. The molecule has 118 valence electrons. The molecule has 2 rings (SSSR count). The average molecular weight is 315 g/mol. The van der Waals surface area contributed by atoms with Crippen molar-refractivity contribution in [1.29, 1.82) is 0 Å². The van der Waals surface area contributed by atoms with Crippen LogP contribution in [0.4, 0.5) is 0 Å². The minimum atomic E-state index is -0.0883. The van der Waals surface area contributed by atoms with Crippen LogP contribution in [-0.2, 0) is 4.79 Å². The average Bonchev–Trinajstić information content (AvgIpc) is 2.48. The third kappa shape index (κ3) is 5.10. The van der Waals surface area contributed by atoms with Crippen LogP contribution in [0.25, 0.3) is 0 Å². The fourth-order valence-electron chi connectivity index (χ4n) is 2.36. The molecule has 1 amide bonds. The van der Waals surface area contributed by atoms with Crippen molar-refractivity contribution in [1.82, 2.24) is 10.6 Å². The van der Waals surface area contributed by atoms with Crippen molar-refractivity contribution in [3.05, 3.63) is 24.3 Å². The summed E-state index contributed by atoms with van der Waals surface area (Å²) < 4.78 is 10.7. The van der Waals surface area contributed by atoms with Crippen LogP contribution in [0.1, 0.15) is 13.3 Å². The van der Waals surface area contributed by atoms with E-state index in [-0.39, 0.29) is 31.0 Å². The second kappa shape index (κ2) is 8.74. The zero-order valence-electron chi connectivity index (χ0n) is 12.4. The van der Waals surface area contributed by atoms with Crippen LogP contribution in [0.3, 0.4) is 0 Å². The van der Waals surface area contributed by atoms with Crippen molar-refractivity contribution in [2.45, 2.75) is 19.4 Å². The largest absolute Gasteiger partial charge is 0.493 e. The number of nitrogens with one attached hydrogen (secondary N) is 2. The van der Waals surface area contributed by atoms with Gasteiger partial charge in [0, 0.05) is 6.04 Å². The van der Waals surface area contributed by atoms with Gasteiger partial charge in [0.25, 0.3) is 5.91 Å². The van der Waals surface area contributed by atoms with E-state index in [2.05, 4.69) is 17.6 Å². The third-order valence-electron chi connectivity index (χ3n) is 3.56. The quantitative estimate of drug-likeness (QED) is 0.867. The first kappa shape index (κ1) is 17.6. The topological polar surface area (TPSA) is 59.6 Å². The maximum atomic E-state index is 11.9. The minimum Gasteiger partial charge on any atom is -0.493 e. The first-order chi connectivity index (χ1) is 9.70. The number of amides is 1. The molecule has 0 aromatic heterocycles. The Morgan fingerprint density at radius 1 is 1.38 bits per heavy atom. The van der Waals surface area contributed by atoms with E-state index in [1.54, 1.807) is 13.2 Å². The van der Waals surface area contributed by atoms with Crippen LogP contribution in [-0.4, -0.2) is 38.8 Å². The van der Waals surface area contributed by atoms with E-state index in [0.29, 0.717) is 17.4 Å². The molecule has 0 saturated carbocycles. The lowest BCUT2D eigenvalue weighted by atomic mass is 9.95. The Bertz CT molecular complexity index is 456. The zero-order chi connectivity index (χ0) is 14.4. The first-order valence-corrected chi connectivity index (χ1v) is 6.96. The normalized spacial score (nSPS) is 21.0. The van der Waals surface area contributed by atoms with Crippen LogP contribution in [0.5, 0.6) is 11.5 Å². The van der Waals surface area contributed by atoms with Gasteiger partial charge in [0.05, 0.1) is 7.11 Å². The highest BCUT2D eigenvalue weighted by atomic mass is 35.5. The Morgan fingerprint density at radius 2 is 2.10 bits per heavy atom. The lowest BCUT2D eigenvalue weighted by Gasteiger charge is -2.30. The molecule has 5 nitrogen and oxygen atoms in total. The van der Waals surface area contributed by atoms with E-state index in [4.69, 9.17) is 9.47 Å². The molecule has 6 heteroatoms. The van der Waals surface area contributed by atoms with Crippen LogP contribution < -0.4 is 20.1 Å². The number of hydrogen-bond acceptors (Lipinski definition) is 4. The van der Waals surface area contributed by atoms with Gasteiger partial charge in [0.2, 0.25) is 0 Å². The third-order valence-corrected chi connectivity index (χ3v) is 3.56. The molecule has 1 heterocycles. The minimum absolute atomic E-state index is 0. The molecule has 0 radical (unpaired) electrons. The molecule has 1 aromatic rings. The number of halogens is 1. The fraction of sp³-hybridized carbons (Fsp3) is 0.533. The van der Waals surface area contributed by atoms with Crippen molar-refractivity contribution in [2.75, 3.05) is 26.8 Å². The monoisotopic (exact) mass is 314 g/mol. The van der Waals surface area contributed by atoms with Gasteiger partial charge < -0.3 is 20.1 Å². The maximum absolute atomic E-state index is 11.9. The summed E-state index contributed by atoms with van der Waals surface area (Å²) in [5.41, 5.74) is 0. The van der Waals surface area contributed by atoms with E-state index in [1.165, 1.54) is 0 Å². The molecular weight excluding hydrogens is 292 g/mol. The van der Waals surface area contributed by atoms with Crippen LogP contribution >= 0.6 is 12.4 Å². The van der Waals surface area contributed by atoms with E-state index in [1.807, 2.05) is 18.2 Å². The Balaban J connectivity index is 0.00000220. The summed E-state index contributed by atoms with van der Waals surface area (Å²) >= 11 is 0. The molecule has 2 atom stereocenters. The number of benzene rings is 1. The summed E-state index contributed by atoms with van der Waals surface area (Å²) in [5, 5.41) is 6.34. The summed E-state index contributed by atoms with van der Waals surface area (Å²) in [5.74, 6) is 1.58. The van der Waals surface area contributed by atoms with Crippen molar-refractivity contribution < 1.29 is 14.3 Å². The van der Waals surface area contributed by atoms with E-state index in [9.17, 15) is 4.79 Å². The Hall–Kier alpha value is -1.46. The lowest BCUT2D eigenvalue weighted by molar-refractivity contribution is -0.124. The molecule has 1 aliphatic heterocycles. The molecular formula is C15H23ClN2O3. The maximum Gasteiger partial charge on any atom is 0.258 e. The van der Waals surface area contributed by atoms with Gasteiger partial charge in [-0.05, 0) is 37.6 Å². The molecule has 1 fully saturated rings. The Kier molecular flexibility index (Phi) is 7.32. The summed E-state index contributed by atoms with van der Waals surface area (Å²) in [4.78, 5) is 11.9. The van der Waals surface area contributed by atoms with Crippen LogP contribution in [0.15, 0.2) is 24.3 Å². The van der Waals surface area contributed by atoms with Crippen molar-refractivity contribution in [3.63, 3.8) is 0 Å². The number of hydrogen-bond donors (Lipinski definition) is 2. The van der Waals surface area contributed by atoms with Crippen molar-refractivity contribution >= 4 is 18.3 Å². The number of para-hydroxylation sites is 2. The highest BCUT2D eigenvalue weighted by molar-refractivity contribution is 5.85. The summed E-state index contributed by atoms with van der Waals surface area (Å²) in [7, 11) is 1.58. The molecule has 0 bridgehead atoms. The summed E-state index contributed by atoms with van der Waals surface area (Å²) in [6.07, 6.45) is 0.960. The van der Waals surface area contributed by atoms with Gasteiger partial charge in [0.15, 0.2) is 18.1 Å². The van der Waals surface area contributed by atoms with E-state index >= 15 is 0 Å². The summed E-state index contributed by atoms with van der Waals surface area (Å²) in [6, 6.07) is 7.54. The standard InChI is InChI=1S/C15H22N2O3.ClH/c1-11-9-16-8-7-12(11)17-15(18)10-20-14-6-4-3-5-13(14)19-2;/h3-6,11-12,16H,7-10H2,1-2H3,(H,17,18);1H. The predicted molar refractivity (Wildman–Crippen MR) is 84.3 cm³/mol. The lowest BCUT2D eigenvalue weighted by Crippen LogP contribution is -2.49. The molecule has 2 N–H and O–H groups in total. The number of methoxy groups -OCH3 is 1. The molecule has 1 saturated heterocycles. The molecule has 1 aliphatic rings. The number of piperidine rings is 1. The van der Waals surface area contributed by atoms with E-state index < -0.39 is 0 Å². The number of carbonyl (C=O) groups excluding carboxylic acids is 1. The van der Waals surface area contributed by atoms with Gasteiger partial charge >= 0.3 is 0 Å². The highest BCUT2D eigenvalue weighted by Gasteiger charge is 2.22. The zero-order valence-corrected chi connectivity index (χ0v) is 13.2. The van der Waals surface area contributed by atoms with Gasteiger partial charge in [-0.25, -0.2) is 0 Å². The fourth-order valence-corrected chi connectivity index (χ4v) is 2.36. The van der Waals surface area contributed by atoms with Crippen LogP contribution in [0, 0.1) is 5.92 Å². The Labute approximate surface area is 131 Å². The number of ether oxygens (including phenoxy) is 2. The molecule has 0 aliphatic carbocycles. The van der Waals surface area contributed by atoms with Gasteiger partial charge in [-0.3, -0.25) is 4.79 Å². The van der Waals surface area contributed by atoms with Crippen molar-refractivity contribution in [2.24, 2.45) is 5.92 Å². The second-order valence-electron chi connectivity index (χ2n) is 5.08. The molecule has 1 aromatic carbocycles. The summed E-state index contributed by atoms with van der Waals surface area (Å²) in [6.45, 7) is 4.04. The van der Waals surface area contributed by atoms with Gasteiger partial charge in [-0.15, -0.1) is 12.4 Å². The van der Waals surface area contributed by atoms with Gasteiger partial charge in [-0.2, -0.15) is 0 Å². The molecule has 21 heavy (non-hydrogen) atoms. The molecule has 0 spiro atoms. The van der Waals surface area contributed by atoms with Gasteiger partial charge in [-0.1, -0.05) is 19.1 Å².